The first-order valence-electron chi connectivity index (χ1n) is 8.20. The van der Waals surface area contributed by atoms with Gasteiger partial charge in [0.1, 0.15) is 5.78 Å². The summed E-state index contributed by atoms with van der Waals surface area (Å²) in [6.45, 7) is 10.9. The molecule has 1 fully saturated rings. The molecule has 0 saturated heterocycles. The number of anilines is 1. The quantitative estimate of drug-likeness (QED) is 0.843. The fourth-order valence-electron chi connectivity index (χ4n) is 3.37. The Bertz CT molecular complexity index is 487. The van der Waals surface area contributed by atoms with Crippen LogP contribution in [0.5, 0.6) is 0 Å². The summed E-state index contributed by atoms with van der Waals surface area (Å²) in [6.07, 6.45) is 2.90. The van der Waals surface area contributed by atoms with E-state index in [9.17, 15) is 4.79 Å². The van der Waals surface area contributed by atoms with Crippen molar-refractivity contribution in [2.75, 3.05) is 5.32 Å². The molecule has 0 spiro atoms. The van der Waals surface area contributed by atoms with Gasteiger partial charge < -0.3 is 5.32 Å². The topological polar surface area (TPSA) is 29.1 Å². The lowest BCUT2D eigenvalue weighted by Crippen LogP contribution is -2.46. The van der Waals surface area contributed by atoms with Crippen molar-refractivity contribution in [2.45, 2.75) is 65.3 Å². The van der Waals surface area contributed by atoms with E-state index in [1.807, 2.05) is 0 Å². The molecule has 116 valence electrons. The van der Waals surface area contributed by atoms with Gasteiger partial charge in [-0.3, -0.25) is 4.79 Å². The summed E-state index contributed by atoms with van der Waals surface area (Å²) in [7, 11) is 0. The van der Waals surface area contributed by atoms with Gasteiger partial charge in [-0.15, -0.1) is 0 Å². The van der Waals surface area contributed by atoms with Crippen molar-refractivity contribution < 1.29 is 4.79 Å². The number of carbonyl (C=O) groups is 1. The number of hydrogen-bond acceptors (Lipinski definition) is 2. The Morgan fingerprint density at radius 2 is 1.76 bits per heavy atom. The molecule has 0 aromatic heterocycles. The van der Waals surface area contributed by atoms with E-state index in [0.29, 0.717) is 17.6 Å². The predicted octanol–water partition coefficient (Wildman–Crippen LogP) is 5.01. The molecule has 0 amide bonds. The summed E-state index contributed by atoms with van der Waals surface area (Å²) in [4.78, 5) is 12.3. The molecule has 1 N–H and O–H groups in total. The second kappa shape index (κ2) is 6.21. The first kappa shape index (κ1) is 16.1. The highest BCUT2D eigenvalue weighted by Gasteiger charge is 2.37. The van der Waals surface area contributed by atoms with E-state index >= 15 is 0 Å². The van der Waals surface area contributed by atoms with Crippen LogP contribution in [-0.2, 0) is 4.79 Å². The minimum absolute atomic E-state index is 0.124. The van der Waals surface area contributed by atoms with Gasteiger partial charge in [0.05, 0.1) is 0 Å². The maximum absolute atomic E-state index is 12.3. The summed E-state index contributed by atoms with van der Waals surface area (Å²) in [5.41, 5.74) is 2.27. The van der Waals surface area contributed by atoms with Crippen molar-refractivity contribution in [3.63, 3.8) is 0 Å². The van der Waals surface area contributed by atoms with E-state index in [1.54, 1.807) is 0 Å². The minimum Gasteiger partial charge on any atom is -0.379 e. The van der Waals surface area contributed by atoms with Crippen molar-refractivity contribution in [1.82, 2.24) is 0 Å². The van der Waals surface area contributed by atoms with Gasteiger partial charge in [-0.05, 0) is 56.2 Å². The first-order chi connectivity index (χ1) is 9.79. The number of benzene rings is 1. The van der Waals surface area contributed by atoms with E-state index < -0.39 is 0 Å². The molecular formula is C19H29NO. The molecule has 0 heterocycles. The number of nitrogens with one attached hydrogen (secondary N) is 1. The van der Waals surface area contributed by atoms with Gasteiger partial charge in [-0.1, -0.05) is 32.9 Å². The van der Waals surface area contributed by atoms with E-state index in [0.717, 1.165) is 24.9 Å². The highest BCUT2D eigenvalue weighted by Crippen LogP contribution is 2.34. The van der Waals surface area contributed by atoms with Crippen LogP contribution in [0.4, 0.5) is 5.69 Å². The van der Waals surface area contributed by atoms with Gasteiger partial charge in [0.2, 0.25) is 0 Å². The maximum Gasteiger partial charge on any atom is 0.138 e. The SMILES string of the molecule is CC1CCC(C(C)(C)Nc2ccc(C(C)C)cc2)C(=O)C1. The zero-order valence-electron chi connectivity index (χ0n) is 14.1. The molecule has 1 aliphatic rings. The van der Waals surface area contributed by atoms with Crippen molar-refractivity contribution in [3.05, 3.63) is 29.8 Å². The van der Waals surface area contributed by atoms with Gasteiger partial charge in [0.25, 0.3) is 0 Å². The average molecular weight is 287 g/mol. The van der Waals surface area contributed by atoms with Crippen LogP contribution in [0.25, 0.3) is 0 Å². The van der Waals surface area contributed by atoms with Crippen molar-refractivity contribution in [1.29, 1.82) is 0 Å². The molecular weight excluding hydrogens is 258 g/mol. The Balaban J connectivity index is 2.08. The Labute approximate surface area is 129 Å². The first-order valence-corrected chi connectivity index (χ1v) is 8.20. The number of hydrogen-bond donors (Lipinski definition) is 1. The predicted molar refractivity (Wildman–Crippen MR) is 89.7 cm³/mol. The molecule has 0 radical (unpaired) electrons. The second-order valence-corrected chi connectivity index (χ2v) is 7.53. The highest BCUT2D eigenvalue weighted by atomic mass is 16.1. The molecule has 2 nitrogen and oxygen atoms in total. The largest absolute Gasteiger partial charge is 0.379 e. The lowest BCUT2D eigenvalue weighted by molar-refractivity contribution is -0.127. The lowest BCUT2D eigenvalue weighted by atomic mass is 9.72. The van der Waals surface area contributed by atoms with Crippen LogP contribution in [0.1, 0.15) is 65.4 Å². The van der Waals surface area contributed by atoms with Crippen molar-refractivity contribution in [2.24, 2.45) is 11.8 Å². The van der Waals surface area contributed by atoms with E-state index in [2.05, 4.69) is 64.2 Å². The summed E-state index contributed by atoms with van der Waals surface area (Å²) in [5, 5.41) is 3.58. The average Bonchev–Trinajstić information content (AvgIpc) is 2.38. The molecule has 2 heteroatoms. The Hall–Kier alpha value is -1.31. The smallest absolute Gasteiger partial charge is 0.138 e. The number of ketones is 1. The van der Waals surface area contributed by atoms with Gasteiger partial charge in [0.15, 0.2) is 0 Å². The third-order valence-electron chi connectivity index (χ3n) is 4.80. The zero-order valence-corrected chi connectivity index (χ0v) is 14.1. The van der Waals surface area contributed by atoms with Crippen LogP contribution < -0.4 is 5.32 Å². The molecule has 0 bridgehead atoms. The minimum atomic E-state index is -0.184. The molecule has 1 aliphatic carbocycles. The normalized spacial score (nSPS) is 23.4. The molecule has 1 aromatic rings. The van der Waals surface area contributed by atoms with E-state index in [4.69, 9.17) is 0 Å². The van der Waals surface area contributed by atoms with Crippen LogP contribution in [0, 0.1) is 11.8 Å². The van der Waals surface area contributed by atoms with E-state index in [1.165, 1.54) is 5.56 Å². The fourth-order valence-corrected chi connectivity index (χ4v) is 3.37. The summed E-state index contributed by atoms with van der Waals surface area (Å²) >= 11 is 0. The van der Waals surface area contributed by atoms with Crippen LogP contribution in [-0.4, -0.2) is 11.3 Å². The Kier molecular flexibility index (Phi) is 4.75. The maximum atomic E-state index is 12.3. The molecule has 2 unspecified atom stereocenters. The number of Topliss-reactive ketones (excluding diaryl/α,β-unsaturated/α-hetero) is 1. The molecule has 0 aliphatic heterocycles. The Morgan fingerprint density at radius 1 is 1.14 bits per heavy atom. The molecule has 21 heavy (non-hydrogen) atoms. The summed E-state index contributed by atoms with van der Waals surface area (Å²) in [6, 6.07) is 8.61. The standard InChI is InChI=1S/C19H29NO/c1-13(2)15-7-9-16(10-8-15)20-19(4,5)17-11-6-14(3)12-18(17)21/h7-10,13-14,17,20H,6,11-12H2,1-5H3. The van der Waals surface area contributed by atoms with E-state index in [-0.39, 0.29) is 11.5 Å². The molecule has 2 atom stereocenters. The number of rotatable bonds is 4. The zero-order chi connectivity index (χ0) is 15.6. The lowest BCUT2D eigenvalue weighted by Gasteiger charge is -2.38. The third-order valence-corrected chi connectivity index (χ3v) is 4.80. The molecule has 1 aromatic carbocycles. The summed E-state index contributed by atoms with van der Waals surface area (Å²) < 4.78 is 0. The van der Waals surface area contributed by atoms with Crippen molar-refractivity contribution >= 4 is 11.5 Å². The van der Waals surface area contributed by atoms with Crippen molar-refractivity contribution in [3.8, 4) is 0 Å². The Morgan fingerprint density at radius 3 is 2.29 bits per heavy atom. The van der Waals surface area contributed by atoms with Gasteiger partial charge >= 0.3 is 0 Å². The van der Waals surface area contributed by atoms with Gasteiger partial charge in [-0.25, -0.2) is 0 Å². The fraction of sp³-hybridized carbons (Fsp3) is 0.632. The highest BCUT2D eigenvalue weighted by molar-refractivity contribution is 5.83. The monoisotopic (exact) mass is 287 g/mol. The van der Waals surface area contributed by atoms with Gasteiger partial charge in [0, 0.05) is 23.6 Å². The van der Waals surface area contributed by atoms with Crippen LogP contribution in [0.2, 0.25) is 0 Å². The molecule has 1 saturated carbocycles. The second-order valence-electron chi connectivity index (χ2n) is 7.53. The van der Waals surface area contributed by atoms with Crippen LogP contribution >= 0.6 is 0 Å². The third kappa shape index (κ3) is 3.87. The van der Waals surface area contributed by atoms with Crippen LogP contribution in [0.15, 0.2) is 24.3 Å². The van der Waals surface area contributed by atoms with Crippen LogP contribution in [0.3, 0.4) is 0 Å². The molecule has 2 rings (SSSR count). The summed E-state index contributed by atoms with van der Waals surface area (Å²) in [5.74, 6) is 1.65. The van der Waals surface area contributed by atoms with Gasteiger partial charge in [-0.2, -0.15) is 0 Å². The number of carbonyl (C=O) groups excluding carboxylic acids is 1.